The molecule has 5 heteroatoms. The van der Waals surface area contributed by atoms with Crippen LogP contribution in [0.5, 0.6) is 0 Å². The molecule has 0 aliphatic rings. The van der Waals surface area contributed by atoms with Crippen molar-refractivity contribution >= 4 is 33.0 Å². The maximum absolute atomic E-state index is 4.69. The molecule has 2 heterocycles. The number of nitrogens with one attached hydrogen (secondary N) is 1. The predicted octanol–water partition coefficient (Wildman–Crippen LogP) is 5.65. The Labute approximate surface area is 161 Å². The molecule has 0 fully saturated rings. The average molecular weight is 407 g/mol. The summed E-state index contributed by atoms with van der Waals surface area (Å²) in [5.41, 5.74) is 7.82. The standard InChI is InChI=1S/C21H19BrN4/c1-14-4-3-5-15(2)20(14)25-21-19-11-23-13-26(19)18(12-24-21)17-8-6-16(10-22)7-9-17/h3-9,11-13H,10H2,1-2H3,(H,24,25). The lowest BCUT2D eigenvalue weighted by Gasteiger charge is -2.14. The fourth-order valence-electron chi connectivity index (χ4n) is 3.12. The Hall–Kier alpha value is -2.66. The summed E-state index contributed by atoms with van der Waals surface area (Å²) in [6, 6.07) is 14.7. The summed E-state index contributed by atoms with van der Waals surface area (Å²) in [6.07, 6.45) is 5.58. The molecule has 4 nitrogen and oxygen atoms in total. The fraction of sp³-hybridized carbons (Fsp3) is 0.143. The molecule has 4 rings (SSSR count). The highest BCUT2D eigenvalue weighted by Gasteiger charge is 2.11. The Kier molecular flexibility index (Phi) is 4.47. The Bertz CT molecular complexity index is 1050. The smallest absolute Gasteiger partial charge is 0.156 e. The van der Waals surface area contributed by atoms with Crippen molar-refractivity contribution in [2.75, 3.05) is 5.32 Å². The van der Waals surface area contributed by atoms with E-state index in [-0.39, 0.29) is 0 Å². The molecule has 0 saturated carbocycles. The van der Waals surface area contributed by atoms with Gasteiger partial charge in [-0.2, -0.15) is 0 Å². The van der Waals surface area contributed by atoms with E-state index in [1.54, 1.807) is 0 Å². The topological polar surface area (TPSA) is 42.2 Å². The summed E-state index contributed by atoms with van der Waals surface area (Å²) in [5.74, 6) is 0.806. The van der Waals surface area contributed by atoms with Crippen LogP contribution in [0.4, 0.5) is 11.5 Å². The second-order valence-corrected chi connectivity index (χ2v) is 6.92. The number of benzene rings is 2. The van der Waals surface area contributed by atoms with Gasteiger partial charge in [0.15, 0.2) is 5.82 Å². The molecule has 2 aromatic carbocycles. The minimum Gasteiger partial charge on any atom is -0.338 e. The number of nitrogens with zero attached hydrogens (tertiary/aromatic N) is 3. The first-order valence-corrected chi connectivity index (χ1v) is 9.59. The van der Waals surface area contributed by atoms with Crippen LogP contribution in [0.2, 0.25) is 0 Å². The van der Waals surface area contributed by atoms with E-state index in [9.17, 15) is 0 Å². The number of aryl methyl sites for hydroxylation is 2. The summed E-state index contributed by atoms with van der Waals surface area (Å²) in [5, 5.41) is 4.34. The van der Waals surface area contributed by atoms with E-state index in [0.29, 0.717) is 0 Å². The Morgan fingerprint density at radius 2 is 1.73 bits per heavy atom. The normalized spacial score (nSPS) is 11.0. The van der Waals surface area contributed by atoms with Gasteiger partial charge in [0.25, 0.3) is 0 Å². The number of para-hydroxylation sites is 1. The lowest BCUT2D eigenvalue weighted by molar-refractivity contribution is 1.12. The fourth-order valence-corrected chi connectivity index (χ4v) is 3.49. The van der Waals surface area contributed by atoms with Crippen LogP contribution in [0.3, 0.4) is 0 Å². The molecule has 2 aromatic heterocycles. The molecular formula is C21H19BrN4. The van der Waals surface area contributed by atoms with Crippen LogP contribution >= 0.6 is 15.9 Å². The zero-order chi connectivity index (χ0) is 18.1. The largest absolute Gasteiger partial charge is 0.338 e. The van der Waals surface area contributed by atoms with Gasteiger partial charge in [0.2, 0.25) is 0 Å². The molecule has 0 aliphatic heterocycles. The summed E-state index contributed by atoms with van der Waals surface area (Å²) in [6.45, 7) is 4.20. The van der Waals surface area contributed by atoms with E-state index in [0.717, 1.165) is 33.6 Å². The first-order chi connectivity index (χ1) is 12.7. The van der Waals surface area contributed by atoms with E-state index < -0.39 is 0 Å². The zero-order valence-corrected chi connectivity index (χ0v) is 16.3. The van der Waals surface area contributed by atoms with Crippen LogP contribution in [0.15, 0.2) is 61.2 Å². The van der Waals surface area contributed by atoms with Gasteiger partial charge in [0.05, 0.1) is 24.4 Å². The molecule has 0 spiro atoms. The van der Waals surface area contributed by atoms with Gasteiger partial charge in [0.1, 0.15) is 5.52 Å². The summed E-state index contributed by atoms with van der Waals surface area (Å²) in [7, 11) is 0. The summed E-state index contributed by atoms with van der Waals surface area (Å²) < 4.78 is 2.08. The maximum Gasteiger partial charge on any atom is 0.156 e. The highest BCUT2D eigenvalue weighted by molar-refractivity contribution is 9.08. The third-order valence-corrected chi connectivity index (χ3v) is 5.23. The van der Waals surface area contributed by atoms with Gasteiger partial charge in [-0.15, -0.1) is 0 Å². The second kappa shape index (κ2) is 6.92. The highest BCUT2D eigenvalue weighted by atomic mass is 79.9. The quantitative estimate of drug-likeness (QED) is 0.445. The number of fused-ring (bicyclic) bond motifs is 1. The van der Waals surface area contributed by atoms with Crippen molar-refractivity contribution in [3.63, 3.8) is 0 Å². The molecule has 4 aromatic rings. The Morgan fingerprint density at radius 3 is 2.42 bits per heavy atom. The van der Waals surface area contributed by atoms with E-state index in [4.69, 9.17) is 4.98 Å². The van der Waals surface area contributed by atoms with Gasteiger partial charge < -0.3 is 5.32 Å². The lowest BCUT2D eigenvalue weighted by atomic mass is 10.1. The van der Waals surface area contributed by atoms with Crippen LogP contribution in [0.1, 0.15) is 16.7 Å². The minimum absolute atomic E-state index is 0.806. The number of rotatable bonds is 4. The van der Waals surface area contributed by atoms with E-state index in [1.807, 2.05) is 18.7 Å². The van der Waals surface area contributed by atoms with Gasteiger partial charge in [-0.05, 0) is 30.5 Å². The third-order valence-electron chi connectivity index (χ3n) is 4.59. The van der Waals surface area contributed by atoms with E-state index >= 15 is 0 Å². The van der Waals surface area contributed by atoms with Gasteiger partial charge in [-0.3, -0.25) is 4.40 Å². The van der Waals surface area contributed by atoms with Crippen molar-refractivity contribution in [3.8, 4) is 11.3 Å². The number of anilines is 2. The van der Waals surface area contributed by atoms with Crippen LogP contribution in [-0.2, 0) is 5.33 Å². The monoisotopic (exact) mass is 406 g/mol. The first kappa shape index (κ1) is 16.8. The number of alkyl halides is 1. The first-order valence-electron chi connectivity index (χ1n) is 8.47. The molecule has 0 atom stereocenters. The molecule has 0 radical (unpaired) electrons. The average Bonchev–Trinajstić information content (AvgIpc) is 3.15. The maximum atomic E-state index is 4.69. The molecule has 0 aliphatic carbocycles. The van der Waals surface area contributed by atoms with Crippen molar-refractivity contribution in [2.24, 2.45) is 0 Å². The minimum atomic E-state index is 0.806. The Balaban J connectivity index is 1.78. The van der Waals surface area contributed by atoms with Crippen LogP contribution in [0, 0.1) is 13.8 Å². The van der Waals surface area contributed by atoms with Crippen molar-refractivity contribution in [3.05, 3.63) is 77.9 Å². The van der Waals surface area contributed by atoms with Crippen molar-refractivity contribution in [2.45, 2.75) is 19.2 Å². The van der Waals surface area contributed by atoms with E-state index in [1.165, 1.54) is 16.7 Å². The summed E-state index contributed by atoms with van der Waals surface area (Å²) in [4.78, 5) is 9.04. The molecule has 26 heavy (non-hydrogen) atoms. The number of imidazole rings is 1. The van der Waals surface area contributed by atoms with Crippen molar-refractivity contribution in [1.82, 2.24) is 14.4 Å². The van der Waals surface area contributed by atoms with Gasteiger partial charge >= 0.3 is 0 Å². The molecular weight excluding hydrogens is 388 g/mol. The molecule has 0 saturated heterocycles. The highest BCUT2D eigenvalue weighted by Crippen LogP contribution is 2.28. The SMILES string of the molecule is Cc1cccc(C)c1Nc1ncc(-c2ccc(CBr)cc2)n2cncc12. The Morgan fingerprint density at radius 1 is 1.00 bits per heavy atom. The number of hydrogen-bond donors (Lipinski definition) is 1. The van der Waals surface area contributed by atoms with Gasteiger partial charge in [-0.1, -0.05) is 58.4 Å². The zero-order valence-electron chi connectivity index (χ0n) is 14.7. The lowest BCUT2D eigenvalue weighted by Crippen LogP contribution is -2.02. The van der Waals surface area contributed by atoms with Crippen molar-refractivity contribution in [1.29, 1.82) is 0 Å². The second-order valence-electron chi connectivity index (χ2n) is 6.36. The molecule has 130 valence electrons. The van der Waals surface area contributed by atoms with Crippen LogP contribution in [0.25, 0.3) is 16.8 Å². The van der Waals surface area contributed by atoms with Gasteiger partial charge in [-0.25, -0.2) is 9.97 Å². The van der Waals surface area contributed by atoms with Crippen molar-refractivity contribution < 1.29 is 0 Å². The van der Waals surface area contributed by atoms with Crippen LogP contribution in [-0.4, -0.2) is 14.4 Å². The molecule has 0 bridgehead atoms. The summed E-state index contributed by atoms with van der Waals surface area (Å²) >= 11 is 3.49. The predicted molar refractivity (Wildman–Crippen MR) is 110 cm³/mol. The third kappa shape index (κ3) is 2.99. The number of halogens is 1. The van der Waals surface area contributed by atoms with Crippen LogP contribution < -0.4 is 5.32 Å². The molecule has 0 unspecified atom stereocenters. The molecule has 0 amide bonds. The number of aromatic nitrogens is 3. The van der Waals surface area contributed by atoms with E-state index in [2.05, 4.69) is 86.9 Å². The number of hydrogen-bond acceptors (Lipinski definition) is 3. The van der Waals surface area contributed by atoms with Gasteiger partial charge in [0, 0.05) is 16.6 Å². The molecule has 1 N–H and O–H groups in total.